The van der Waals surface area contributed by atoms with E-state index in [1.54, 1.807) is 7.05 Å². The van der Waals surface area contributed by atoms with Gasteiger partial charge in [-0.15, -0.1) is 0 Å². The molecule has 4 N–H and O–H groups in total. The van der Waals surface area contributed by atoms with Crippen molar-refractivity contribution < 1.29 is 14.4 Å². The number of fused-ring (bicyclic) bond motifs is 2. The second-order valence-corrected chi connectivity index (χ2v) is 9.18. The third-order valence-corrected chi connectivity index (χ3v) is 6.90. The number of nitrogens with two attached hydrogens (primary N) is 1. The predicted octanol–water partition coefficient (Wildman–Crippen LogP) is 2.94. The Labute approximate surface area is 199 Å². The first-order chi connectivity index (χ1) is 16.4. The van der Waals surface area contributed by atoms with Gasteiger partial charge in [-0.1, -0.05) is 18.6 Å². The van der Waals surface area contributed by atoms with Crippen molar-refractivity contribution >= 4 is 35.8 Å². The molecule has 0 bridgehead atoms. The highest BCUT2D eigenvalue weighted by Gasteiger charge is 2.46. The second-order valence-electron chi connectivity index (χ2n) is 9.18. The van der Waals surface area contributed by atoms with Crippen LogP contribution in [0.4, 0.5) is 11.4 Å². The number of anilines is 2. The van der Waals surface area contributed by atoms with Crippen LogP contribution in [0.5, 0.6) is 0 Å². The Morgan fingerprint density at radius 3 is 2.06 bits per heavy atom. The topological polar surface area (TPSA) is 117 Å². The molecule has 0 radical (unpaired) electrons. The van der Waals surface area contributed by atoms with E-state index in [-0.39, 0.29) is 18.4 Å². The molecular formula is C26H31N5O3. The van der Waals surface area contributed by atoms with Crippen molar-refractivity contribution in [3.8, 4) is 0 Å². The molecule has 178 valence electrons. The van der Waals surface area contributed by atoms with Crippen LogP contribution < -0.4 is 16.4 Å². The molecule has 2 aliphatic rings. The average molecular weight is 462 g/mol. The molecule has 1 atom stereocenters. The maximum Gasteiger partial charge on any atom is 0.248 e. The molecule has 3 amide bonds. The standard InChI is InChI=1S/C26H31N5O3/c1-17(27)4-3-11-26(24-14-25(34)31(2)30-24)22-9-7-20(28-15-32)12-18(22)5-6-19-13-21(29-16-33)8-10-23(19)26/h7-10,12-13,15-17H,3-6,11,14,27H2,1-2H3,(H,28,32)(H,29,33)/t17-/m1/s1. The summed E-state index contributed by atoms with van der Waals surface area (Å²) < 4.78 is 0. The van der Waals surface area contributed by atoms with Crippen LogP contribution in [0.2, 0.25) is 0 Å². The molecule has 8 nitrogen and oxygen atoms in total. The van der Waals surface area contributed by atoms with Crippen molar-refractivity contribution in [3.63, 3.8) is 0 Å². The molecule has 0 saturated heterocycles. The molecule has 34 heavy (non-hydrogen) atoms. The molecule has 8 heteroatoms. The zero-order valence-corrected chi connectivity index (χ0v) is 19.6. The summed E-state index contributed by atoms with van der Waals surface area (Å²) in [7, 11) is 1.69. The Bertz CT molecular complexity index is 1080. The summed E-state index contributed by atoms with van der Waals surface area (Å²) in [5, 5.41) is 11.7. The summed E-state index contributed by atoms with van der Waals surface area (Å²) >= 11 is 0. The lowest BCUT2D eigenvalue weighted by Gasteiger charge is -2.37. The number of hydrogen-bond donors (Lipinski definition) is 3. The van der Waals surface area contributed by atoms with E-state index in [0.717, 1.165) is 71.4 Å². The fraction of sp³-hybridized carbons (Fsp3) is 0.385. The first-order valence-electron chi connectivity index (χ1n) is 11.7. The fourth-order valence-corrected chi connectivity index (χ4v) is 5.34. The first-order valence-corrected chi connectivity index (χ1v) is 11.7. The molecule has 0 aromatic heterocycles. The second kappa shape index (κ2) is 9.77. The third kappa shape index (κ3) is 4.33. The number of carbonyl (C=O) groups excluding carboxylic acids is 3. The van der Waals surface area contributed by atoms with Gasteiger partial charge in [-0.3, -0.25) is 14.4 Å². The molecular weight excluding hydrogens is 430 g/mol. The highest BCUT2D eigenvalue weighted by atomic mass is 16.2. The van der Waals surface area contributed by atoms with Crippen LogP contribution in [0.25, 0.3) is 0 Å². The number of rotatable bonds is 9. The third-order valence-electron chi connectivity index (χ3n) is 6.90. The lowest BCUT2D eigenvalue weighted by atomic mass is 9.65. The SMILES string of the molecule is C[C@@H](N)CCCC1(C2=NN(C)C(=O)C2)c2ccc(NC=O)cc2CCc2cc(NC=O)ccc21. The molecule has 1 aliphatic heterocycles. The van der Waals surface area contributed by atoms with Gasteiger partial charge >= 0.3 is 0 Å². The van der Waals surface area contributed by atoms with Crippen LogP contribution in [-0.4, -0.2) is 42.5 Å². The van der Waals surface area contributed by atoms with E-state index < -0.39 is 5.41 Å². The minimum absolute atomic E-state index is 0.0348. The van der Waals surface area contributed by atoms with Gasteiger partial charge in [0, 0.05) is 24.5 Å². The maximum absolute atomic E-state index is 12.6. The van der Waals surface area contributed by atoms with Crippen molar-refractivity contribution in [1.82, 2.24) is 5.01 Å². The smallest absolute Gasteiger partial charge is 0.248 e. The van der Waals surface area contributed by atoms with Crippen LogP contribution in [0, 0.1) is 0 Å². The number of aryl methyl sites for hydroxylation is 2. The van der Waals surface area contributed by atoms with Crippen molar-refractivity contribution in [3.05, 3.63) is 58.7 Å². The molecule has 2 aromatic carbocycles. The van der Waals surface area contributed by atoms with Gasteiger partial charge in [0.1, 0.15) is 0 Å². The highest BCUT2D eigenvalue weighted by Crippen LogP contribution is 2.47. The van der Waals surface area contributed by atoms with Gasteiger partial charge in [-0.25, -0.2) is 5.01 Å². The van der Waals surface area contributed by atoms with Crippen LogP contribution >= 0.6 is 0 Å². The fourth-order valence-electron chi connectivity index (χ4n) is 5.34. The van der Waals surface area contributed by atoms with Gasteiger partial charge in [0.05, 0.1) is 17.5 Å². The molecule has 0 unspecified atom stereocenters. The number of hydrogen-bond acceptors (Lipinski definition) is 5. The Morgan fingerprint density at radius 1 is 1.06 bits per heavy atom. The summed E-state index contributed by atoms with van der Waals surface area (Å²) in [5.74, 6) is -0.0348. The molecule has 1 aliphatic carbocycles. The van der Waals surface area contributed by atoms with E-state index in [2.05, 4.69) is 22.8 Å². The Kier molecular flexibility index (Phi) is 6.79. The largest absolute Gasteiger partial charge is 0.329 e. The molecule has 0 saturated carbocycles. The van der Waals surface area contributed by atoms with Gasteiger partial charge in [0.25, 0.3) is 0 Å². The number of carbonyl (C=O) groups is 3. The lowest BCUT2D eigenvalue weighted by Crippen LogP contribution is -2.38. The van der Waals surface area contributed by atoms with Crippen molar-refractivity contribution in [2.24, 2.45) is 10.8 Å². The van der Waals surface area contributed by atoms with E-state index in [1.165, 1.54) is 5.01 Å². The minimum Gasteiger partial charge on any atom is -0.329 e. The summed E-state index contributed by atoms with van der Waals surface area (Å²) in [6.45, 7) is 2.00. The van der Waals surface area contributed by atoms with Crippen LogP contribution in [0.1, 0.15) is 54.9 Å². The molecule has 0 spiro atoms. The molecule has 0 fully saturated rings. The number of benzene rings is 2. The monoisotopic (exact) mass is 461 g/mol. The van der Waals surface area contributed by atoms with E-state index in [1.807, 2.05) is 31.2 Å². The highest BCUT2D eigenvalue weighted by molar-refractivity contribution is 6.12. The van der Waals surface area contributed by atoms with Crippen molar-refractivity contribution in [2.75, 3.05) is 17.7 Å². The average Bonchev–Trinajstić information content (AvgIpc) is 3.08. The molecule has 1 heterocycles. The van der Waals surface area contributed by atoms with Crippen LogP contribution in [-0.2, 0) is 32.6 Å². The number of amides is 3. The van der Waals surface area contributed by atoms with E-state index >= 15 is 0 Å². The predicted molar refractivity (Wildman–Crippen MR) is 133 cm³/mol. The van der Waals surface area contributed by atoms with Crippen molar-refractivity contribution in [2.45, 2.75) is 56.9 Å². The Morgan fingerprint density at radius 2 is 1.62 bits per heavy atom. The molecule has 4 rings (SSSR count). The quantitative estimate of drug-likeness (QED) is 0.498. The van der Waals surface area contributed by atoms with Gasteiger partial charge in [-0.05, 0) is 79.1 Å². The van der Waals surface area contributed by atoms with Crippen molar-refractivity contribution in [1.29, 1.82) is 0 Å². The number of hydrazone groups is 1. The summed E-state index contributed by atoms with van der Waals surface area (Å²) in [5.41, 5.74) is 12.2. The Hall–Kier alpha value is -3.52. The number of nitrogens with zero attached hydrogens (tertiary/aromatic N) is 2. The van der Waals surface area contributed by atoms with Gasteiger partial charge in [0.2, 0.25) is 18.7 Å². The first kappa shape index (κ1) is 23.6. The molecule has 2 aromatic rings. The summed E-state index contributed by atoms with van der Waals surface area (Å²) in [4.78, 5) is 34.8. The van der Waals surface area contributed by atoms with E-state index in [9.17, 15) is 14.4 Å². The van der Waals surface area contributed by atoms with E-state index in [0.29, 0.717) is 12.8 Å². The van der Waals surface area contributed by atoms with Crippen LogP contribution in [0.15, 0.2) is 41.5 Å². The minimum atomic E-state index is -0.615. The summed E-state index contributed by atoms with van der Waals surface area (Å²) in [6.07, 6.45) is 5.56. The van der Waals surface area contributed by atoms with E-state index in [4.69, 9.17) is 10.8 Å². The Balaban J connectivity index is 1.97. The lowest BCUT2D eigenvalue weighted by molar-refractivity contribution is -0.127. The van der Waals surface area contributed by atoms with Gasteiger partial charge in [-0.2, -0.15) is 5.10 Å². The van der Waals surface area contributed by atoms with Crippen LogP contribution in [0.3, 0.4) is 0 Å². The van der Waals surface area contributed by atoms with Gasteiger partial charge < -0.3 is 16.4 Å². The summed E-state index contributed by atoms with van der Waals surface area (Å²) in [6, 6.07) is 12.0. The van der Waals surface area contributed by atoms with Gasteiger partial charge in [0.15, 0.2) is 0 Å². The zero-order chi connectivity index (χ0) is 24.3. The maximum atomic E-state index is 12.6. The normalized spacial score (nSPS) is 17.2. The zero-order valence-electron chi connectivity index (χ0n) is 19.6. The number of nitrogens with one attached hydrogen (secondary N) is 2.